The molecular weight excluding hydrogens is 282 g/mol. The Morgan fingerprint density at radius 3 is 2.43 bits per heavy atom. The van der Waals surface area contributed by atoms with Gasteiger partial charge >= 0.3 is 11.8 Å². The fourth-order valence-corrected chi connectivity index (χ4v) is 1.77. The summed E-state index contributed by atoms with van der Waals surface area (Å²) in [4.78, 5) is 23.3. The topological polar surface area (TPSA) is 78.4 Å². The molecule has 21 heavy (non-hydrogen) atoms. The van der Waals surface area contributed by atoms with E-state index in [0.717, 1.165) is 12.1 Å². The van der Waals surface area contributed by atoms with Crippen LogP contribution >= 0.6 is 0 Å². The molecule has 0 fully saturated rings. The Labute approximate surface area is 121 Å². The van der Waals surface area contributed by atoms with Gasteiger partial charge in [-0.3, -0.25) is 9.59 Å². The van der Waals surface area contributed by atoms with Crippen molar-refractivity contribution < 1.29 is 23.5 Å². The average Bonchev–Trinajstić information content (AvgIpc) is 2.40. The minimum atomic E-state index is -1.08. The van der Waals surface area contributed by atoms with E-state index in [2.05, 4.69) is 5.32 Å². The van der Waals surface area contributed by atoms with Crippen LogP contribution in [0.4, 0.5) is 14.5 Å². The summed E-state index contributed by atoms with van der Waals surface area (Å²) in [5.41, 5.74) is -0.291. The van der Waals surface area contributed by atoms with E-state index in [1.54, 1.807) is 0 Å². The van der Waals surface area contributed by atoms with Crippen LogP contribution in [0, 0.1) is 17.6 Å². The quantitative estimate of drug-likeness (QED) is 0.720. The smallest absolute Gasteiger partial charge is 0.313 e. The number of benzene rings is 1. The summed E-state index contributed by atoms with van der Waals surface area (Å²) in [6.07, 6.45) is 0.500. The molecule has 0 saturated heterocycles. The van der Waals surface area contributed by atoms with Gasteiger partial charge in [-0.1, -0.05) is 13.8 Å². The second kappa shape index (κ2) is 7.68. The zero-order valence-corrected chi connectivity index (χ0v) is 11.8. The maximum Gasteiger partial charge on any atom is 0.313 e. The highest BCUT2D eigenvalue weighted by Crippen LogP contribution is 2.14. The molecule has 1 unspecified atom stereocenters. The van der Waals surface area contributed by atoms with Crippen molar-refractivity contribution in [2.24, 2.45) is 5.92 Å². The molecule has 0 aliphatic heterocycles. The first kappa shape index (κ1) is 17.0. The van der Waals surface area contributed by atoms with Crippen LogP contribution in [0.3, 0.4) is 0 Å². The van der Waals surface area contributed by atoms with Crippen LogP contribution in [0.15, 0.2) is 18.2 Å². The number of anilines is 1. The third kappa shape index (κ3) is 5.47. The molecular formula is C14H18F2N2O3. The van der Waals surface area contributed by atoms with Crippen molar-refractivity contribution in [2.45, 2.75) is 26.3 Å². The van der Waals surface area contributed by atoms with E-state index in [1.165, 1.54) is 0 Å². The van der Waals surface area contributed by atoms with Crippen LogP contribution in [-0.4, -0.2) is 29.6 Å². The molecule has 0 bridgehead atoms. The maximum atomic E-state index is 13.3. The third-order valence-corrected chi connectivity index (χ3v) is 2.70. The van der Waals surface area contributed by atoms with Gasteiger partial charge in [-0.25, -0.2) is 8.78 Å². The van der Waals surface area contributed by atoms with E-state index >= 15 is 0 Å². The van der Waals surface area contributed by atoms with Gasteiger partial charge in [-0.2, -0.15) is 0 Å². The van der Waals surface area contributed by atoms with Gasteiger partial charge in [-0.15, -0.1) is 0 Å². The maximum absolute atomic E-state index is 13.3. The number of nitrogens with one attached hydrogen (secondary N) is 2. The first-order chi connectivity index (χ1) is 9.83. The molecule has 1 rings (SSSR count). The molecule has 1 aromatic carbocycles. The predicted molar refractivity (Wildman–Crippen MR) is 73.5 cm³/mol. The lowest BCUT2D eigenvalue weighted by Crippen LogP contribution is -2.44. The summed E-state index contributed by atoms with van der Waals surface area (Å²) in [6.45, 7) is 3.51. The number of hydrogen-bond donors (Lipinski definition) is 3. The molecule has 0 spiro atoms. The summed E-state index contributed by atoms with van der Waals surface area (Å²) in [6, 6.07) is 2.03. The van der Waals surface area contributed by atoms with Crippen molar-refractivity contribution >= 4 is 17.5 Å². The Morgan fingerprint density at radius 1 is 1.24 bits per heavy atom. The lowest BCUT2D eigenvalue weighted by Gasteiger charge is -2.17. The van der Waals surface area contributed by atoms with E-state index in [-0.39, 0.29) is 18.2 Å². The molecule has 0 aliphatic rings. The summed E-state index contributed by atoms with van der Waals surface area (Å²) in [7, 11) is 0. The van der Waals surface area contributed by atoms with E-state index < -0.39 is 29.5 Å². The van der Waals surface area contributed by atoms with Crippen molar-refractivity contribution in [2.75, 3.05) is 11.9 Å². The monoisotopic (exact) mass is 300 g/mol. The molecule has 0 radical (unpaired) electrons. The lowest BCUT2D eigenvalue weighted by atomic mass is 10.0. The van der Waals surface area contributed by atoms with Crippen molar-refractivity contribution in [3.8, 4) is 0 Å². The Balaban J connectivity index is 2.64. The number of rotatable bonds is 5. The minimum absolute atomic E-state index is 0.222. The highest BCUT2D eigenvalue weighted by molar-refractivity contribution is 6.39. The number of carbonyl (C=O) groups excluding carboxylic acids is 2. The molecule has 116 valence electrons. The van der Waals surface area contributed by atoms with Crippen molar-refractivity contribution in [1.82, 2.24) is 5.32 Å². The van der Waals surface area contributed by atoms with Gasteiger partial charge in [0.05, 0.1) is 18.3 Å². The zero-order valence-electron chi connectivity index (χ0n) is 11.8. The van der Waals surface area contributed by atoms with Crippen molar-refractivity contribution in [3.63, 3.8) is 0 Å². The second-order valence-electron chi connectivity index (χ2n) is 5.06. The Hall–Kier alpha value is -2.02. The average molecular weight is 300 g/mol. The number of aliphatic hydroxyl groups excluding tert-OH is 1. The molecule has 5 nitrogen and oxygen atoms in total. The molecule has 1 aromatic rings. The van der Waals surface area contributed by atoms with Crippen molar-refractivity contribution in [1.29, 1.82) is 0 Å². The standard InChI is InChI=1S/C14H18F2N2O3/c1-8(2)5-10(7-19)17-13(20)14(21)18-12-4-3-9(15)6-11(12)16/h3-4,6,8,10,19H,5,7H2,1-2H3,(H,17,20)(H,18,21). The first-order valence-electron chi connectivity index (χ1n) is 6.51. The van der Waals surface area contributed by atoms with Crippen LogP contribution in [0.1, 0.15) is 20.3 Å². The van der Waals surface area contributed by atoms with Gasteiger partial charge in [0, 0.05) is 6.07 Å². The summed E-state index contributed by atoms with van der Waals surface area (Å²) < 4.78 is 26.1. The van der Waals surface area contributed by atoms with E-state index in [1.807, 2.05) is 19.2 Å². The van der Waals surface area contributed by atoms with Crippen molar-refractivity contribution in [3.05, 3.63) is 29.8 Å². The van der Waals surface area contributed by atoms with E-state index in [0.29, 0.717) is 12.5 Å². The first-order valence-corrected chi connectivity index (χ1v) is 6.51. The highest BCUT2D eigenvalue weighted by atomic mass is 19.1. The Kier molecular flexibility index (Phi) is 6.23. The normalized spacial score (nSPS) is 12.1. The minimum Gasteiger partial charge on any atom is -0.394 e. The van der Waals surface area contributed by atoms with Gasteiger partial charge < -0.3 is 15.7 Å². The SMILES string of the molecule is CC(C)CC(CO)NC(=O)C(=O)Nc1ccc(F)cc1F. The van der Waals surface area contributed by atoms with Gasteiger partial charge in [0.15, 0.2) is 0 Å². The predicted octanol–water partition coefficient (Wildman–Crippen LogP) is 1.43. The third-order valence-electron chi connectivity index (χ3n) is 2.70. The van der Waals surface area contributed by atoms with E-state index in [9.17, 15) is 18.4 Å². The largest absolute Gasteiger partial charge is 0.394 e. The summed E-state index contributed by atoms with van der Waals surface area (Å²) >= 11 is 0. The van der Waals surface area contributed by atoms with Gasteiger partial charge in [0.25, 0.3) is 0 Å². The fraction of sp³-hybridized carbons (Fsp3) is 0.429. The van der Waals surface area contributed by atoms with Crippen LogP contribution < -0.4 is 10.6 Å². The lowest BCUT2D eigenvalue weighted by molar-refractivity contribution is -0.136. The molecule has 2 amide bonds. The highest BCUT2D eigenvalue weighted by Gasteiger charge is 2.20. The molecule has 1 atom stereocenters. The Bertz CT molecular complexity index is 521. The molecule has 0 aromatic heterocycles. The van der Waals surface area contributed by atoms with Gasteiger partial charge in [0.2, 0.25) is 0 Å². The van der Waals surface area contributed by atoms with Crippen LogP contribution in [0.25, 0.3) is 0 Å². The number of amides is 2. The number of aliphatic hydroxyl groups is 1. The van der Waals surface area contributed by atoms with Gasteiger partial charge in [-0.05, 0) is 24.5 Å². The molecule has 7 heteroatoms. The van der Waals surface area contributed by atoms with Crippen LogP contribution in [-0.2, 0) is 9.59 Å². The van der Waals surface area contributed by atoms with Gasteiger partial charge in [0.1, 0.15) is 11.6 Å². The Morgan fingerprint density at radius 2 is 1.90 bits per heavy atom. The fourth-order valence-electron chi connectivity index (χ4n) is 1.77. The summed E-state index contributed by atoms with van der Waals surface area (Å²) in [5, 5.41) is 13.5. The number of carbonyl (C=O) groups is 2. The molecule has 0 saturated carbocycles. The summed E-state index contributed by atoms with van der Waals surface area (Å²) in [5.74, 6) is -3.61. The number of hydrogen-bond acceptors (Lipinski definition) is 3. The zero-order chi connectivity index (χ0) is 16.0. The molecule has 0 heterocycles. The van der Waals surface area contributed by atoms with E-state index in [4.69, 9.17) is 5.11 Å². The second-order valence-corrected chi connectivity index (χ2v) is 5.06. The van der Waals surface area contributed by atoms with Crippen LogP contribution in [0.5, 0.6) is 0 Å². The molecule has 0 aliphatic carbocycles. The molecule has 3 N–H and O–H groups in total. The van der Waals surface area contributed by atoms with Crippen LogP contribution in [0.2, 0.25) is 0 Å². The number of halogens is 2.